The monoisotopic (exact) mass is 433 g/mol. The fourth-order valence-electron chi connectivity index (χ4n) is 3.80. The maximum absolute atomic E-state index is 12.9. The molecule has 0 spiro atoms. The van der Waals surface area contributed by atoms with Gasteiger partial charge in [-0.15, -0.1) is 0 Å². The van der Waals surface area contributed by atoms with Crippen LogP contribution < -0.4 is 15.4 Å². The van der Waals surface area contributed by atoms with Crippen LogP contribution in [0.15, 0.2) is 46.9 Å². The first-order valence-electron chi connectivity index (χ1n) is 10.0. The molecule has 0 atom stereocenters. The van der Waals surface area contributed by atoms with Crippen LogP contribution in [0.2, 0.25) is 0 Å². The molecule has 6 nitrogen and oxygen atoms in total. The molecule has 1 fully saturated rings. The minimum absolute atomic E-state index is 0.0468. The maximum atomic E-state index is 12.9. The molecule has 9 heteroatoms. The van der Waals surface area contributed by atoms with Gasteiger partial charge >= 0.3 is 12.1 Å². The van der Waals surface area contributed by atoms with Crippen molar-refractivity contribution in [2.45, 2.75) is 43.9 Å². The summed E-state index contributed by atoms with van der Waals surface area (Å²) in [6.45, 7) is 0. The molecule has 0 saturated heterocycles. The zero-order valence-corrected chi connectivity index (χ0v) is 16.8. The largest absolute Gasteiger partial charge is 0.497 e. The summed E-state index contributed by atoms with van der Waals surface area (Å²) in [5.41, 5.74) is 1.33. The van der Waals surface area contributed by atoms with E-state index in [1.165, 1.54) is 6.07 Å². The summed E-state index contributed by atoms with van der Waals surface area (Å²) in [4.78, 5) is 16.0. The number of carbonyl (C=O) groups excluding carboxylic acids is 1. The Labute approximate surface area is 176 Å². The molecule has 3 aromatic rings. The van der Waals surface area contributed by atoms with Crippen molar-refractivity contribution in [3.8, 4) is 5.75 Å². The number of benzene rings is 2. The smallest absolute Gasteiger partial charge is 0.468 e. The van der Waals surface area contributed by atoms with Crippen LogP contribution in [0.1, 0.15) is 41.9 Å². The van der Waals surface area contributed by atoms with E-state index in [9.17, 15) is 18.0 Å². The molecule has 31 heavy (non-hydrogen) atoms. The zero-order chi connectivity index (χ0) is 22.0. The number of hydrogen-bond acceptors (Lipinski definition) is 5. The molecule has 1 saturated carbocycles. The van der Waals surface area contributed by atoms with Crippen molar-refractivity contribution in [2.75, 3.05) is 12.4 Å². The fourth-order valence-corrected chi connectivity index (χ4v) is 3.80. The normalized spacial score (nSPS) is 19.2. The number of methoxy groups -OCH3 is 1. The van der Waals surface area contributed by atoms with Crippen molar-refractivity contribution in [1.82, 2.24) is 10.3 Å². The lowest BCUT2D eigenvalue weighted by Gasteiger charge is -2.30. The first-order chi connectivity index (χ1) is 14.8. The van der Waals surface area contributed by atoms with Crippen molar-refractivity contribution in [3.05, 3.63) is 53.9 Å². The van der Waals surface area contributed by atoms with Crippen molar-refractivity contribution >= 4 is 22.7 Å². The standard InChI is InChI=1S/C22H22F3N3O3/c1-30-16-11-5-13(6-12-16)20(29)27-15-9-7-14(8-10-15)26-17-3-2-4-18-19(17)31-21(28-18)22(23,24)25/h2-6,11-12,14-15,26H,7-10H2,1H3,(H,27,29)/t14-,15+. The van der Waals surface area contributed by atoms with Gasteiger partial charge in [-0.1, -0.05) is 6.07 Å². The summed E-state index contributed by atoms with van der Waals surface area (Å²) in [6.07, 6.45) is -1.57. The van der Waals surface area contributed by atoms with Gasteiger partial charge in [0.2, 0.25) is 0 Å². The van der Waals surface area contributed by atoms with Gasteiger partial charge in [0.1, 0.15) is 11.3 Å². The Hall–Kier alpha value is -3.23. The van der Waals surface area contributed by atoms with Crippen LogP contribution in [0.25, 0.3) is 11.1 Å². The number of halogens is 3. The molecule has 2 aromatic carbocycles. The van der Waals surface area contributed by atoms with Gasteiger partial charge in [0.05, 0.1) is 12.8 Å². The number of rotatable bonds is 5. The predicted octanol–water partition coefficient (Wildman–Crippen LogP) is 5.01. The average molecular weight is 433 g/mol. The molecule has 1 aliphatic carbocycles. The van der Waals surface area contributed by atoms with Gasteiger partial charge in [-0.05, 0) is 62.1 Å². The van der Waals surface area contributed by atoms with E-state index in [4.69, 9.17) is 9.15 Å². The summed E-state index contributed by atoms with van der Waals surface area (Å²) >= 11 is 0. The Kier molecular flexibility index (Phi) is 5.75. The van der Waals surface area contributed by atoms with Gasteiger partial charge in [0.25, 0.3) is 5.91 Å². The molecule has 1 aliphatic rings. The number of alkyl halides is 3. The summed E-state index contributed by atoms with van der Waals surface area (Å²) in [6, 6.07) is 11.9. The van der Waals surface area contributed by atoms with Crippen molar-refractivity contribution in [1.29, 1.82) is 0 Å². The average Bonchev–Trinajstić information content (AvgIpc) is 3.21. The van der Waals surface area contributed by atoms with Gasteiger partial charge in [-0.3, -0.25) is 4.79 Å². The van der Waals surface area contributed by atoms with E-state index in [-0.39, 0.29) is 29.1 Å². The van der Waals surface area contributed by atoms with Gasteiger partial charge in [-0.2, -0.15) is 13.2 Å². The SMILES string of the molecule is COc1ccc(C(=O)N[C@H]2CC[C@@H](Nc3cccc4nc(C(F)(F)F)oc34)CC2)cc1. The van der Waals surface area contributed by atoms with Crippen LogP contribution >= 0.6 is 0 Å². The third-order valence-corrected chi connectivity index (χ3v) is 5.43. The van der Waals surface area contributed by atoms with E-state index < -0.39 is 12.1 Å². The van der Waals surface area contributed by atoms with E-state index in [1.807, 2.05) is 0 Å². The molecule has 1 heterocycles. The molecule has 0 radical (unpaired) electrons. The summed E-state index contributed by atoms with van der Waals surface area (Å²) < 4.78 is 48.8. The summed E-state index contributed by atoms with van der Waals surface area (Å²) in [7, 11) is 1.57. The Balaban J connectivity index is 1.35. The number of para-hydroxylation sites is 1. The Morgan fingerprint density at radius 2 is 1.74 bits per heavy atom. The lowest BCUT2D eigenvalue weighted by Crippen LogP contribution is -2.40. The topological polar surface area (TPSA) is 76.4 Å². The number of nitrogens with zero attached hydrogens (tertiary/aromatic N) is 1. The molecule has 164 valence electrons. The molecule has 0 unspecified atom stereocenters. The molecule has 4 rings (SSSR count). The quantitative estimate of drug-likeness (QED) is 0.592. The van der Waals surface area contributed by atoms with Gasteiger partial charge in [0, 0.05) is 17.6 Å². The number of hydrogen-bond donors (Lipinski definition) is 2. The Bertz CT molecular complexity index is 1060. The van der Waals surface area contributed by atoms with Crippen molar-refractivity contribution in [3.63, 3.8) is 0 Å². The van der Waals surface area contributed by atoms with E-state index in [2.05, 4.69) is 15.6 Å². The van der Waals surface area contributed by atoms with E-state index >= 15 is 0 Å². The molecule has 2 N–H and O–H groups in total. The lowest BCUT2D eigenvalue weighted by atomic mass is 9.90. The van der Waals surface area contributed by atoms with E-state index in [1.54, 1.807) is 43.5 Å². The number of nitrogens with one attached hydrogen (secondary N) is 2. The molecule has 0 bridgehead atoms. The van der Waals surface area contributed by atoms with Crippen LogP contribution in [0.4, 0.5) is 18.9 Å². The highest BCUT2D eigenvalue weighted by molar-refractivity contribution is 5.94. The summed E-state index contributed by atoms with van der Waals surface area (Å²) in [5.74, 6) is -0.695. The van der Waals surface area contributed by atoms with E-state index in [0.29, 0.717) is 17.0 Å². The number of carbonyl (C=O) groups is 1. The van der Waals surface area contributed by atoms with Gasteiger partial charge in [-0.25, -0.2) is 4.98 Å². The molecule has 0 aliphatic heterocycles. The first-order valence-corrected chi connectivity index (χ1v) is 10.0. The second kappa shape index (κ2) is 8.49. The highest BCUT2D eigenvalue weighted by Crippen LogP contribution is 2.34. The number of aromatic nitrogens is 1. The number of ether oxygens (including phenoxy) is 1. The van der Waals surface area contributed by atoms with Crippen LogP contribution in [0, 0.1) is 0 Å². The van der Waals surface area contributed by atoms with Gasteiger partial charge < -0.3 is 19.8 Å². The van der Waals surface area contributed by atoms with Crippen molar-refractivity contribution < 1.29 is 27.1 Å². The third kappa shape index (κ3) is 4.76. The fraction of sp³-hybridized carbons (Fsp3) is 0.364. The maximum Gasteiger partial charge on any atom is 0.468 e. The molecular weight excluding hydrogens is 411 g/mol. The second-order valence-corrected chi connectivity index (χ2v) is 7.57. The predicted molar refractivity (Wildman–Crippen MR) is 109 cm³/mol. The third-order valence-electron chi connectivity index (χ3n) is 5.43. The van der Waals surface area contributed by atoms with Gasteiger partial charge in [0.15, 0.2) is 5.58 Å². The van der Waals surface area contributed by atoms with Crippen LogP contribution in [-0.2, 0) is 6.18 Å². The molecular formula is C22H22F3N3O3. The van der Waals surface area contributed by atoms with Crippen LogP contribution in [0.5, 0.6) is 5.75 Å². The van der Waals surface area contributed by atoms with Crippen LogP contribution in [0.3, 0.4) is 0 Å². The number of fused-ring (bicyclic) bond motifs is 1. The first kappa shape index (κ1) is 21.0. The van der Waals surface area contributed by atoms with Crippen LogP contribution in [-0.4, -0.2) is 30.1 Å². The number of oxazole rings is 1. The number of anilines is 1. The minimum atomic E-state index is -4.63. The number of amides is 1. The molecule has 1 amide bonds. The summed E-state index contributed by atoms with van der Waals surface area (Å²) in [5, 5.41) is 6.32. The second-order valence-electron chi connectivity index (χ2n) is 7.57. The van der Waals surface area contributed by atoms with Crippen molar-refractivity contribution in [2.24, 2.45) is 0 Å². The zero-order valence-electron chi connectivity index (χ0n) is 16.8. The lowest BCUT2D eigenvalue weighted by molar-refractivity contribution is -0.156. The highest BCUT2D eigenvalue weighted by atomic mass is 19.4. The minimum Gasteiger partial charge on any atom is -0.497 e. The van der Waals surface area contributed by atoms with E-state index in [0.717, 1.165) is 25.7 Å². The Morgan fingerprint density at radius 3 is 2.39 bits per heavy atom. The Morgan fingerprint density at radius 1 is 1.06 bits per heavy atom. The highest BCUT2D eigenvalue weighted by Gasteiger charge is 2.38. The molecule has 1 aromatic heterocycles.